The molecule has 1 aliphatic carbocycles. The van der Waals surface area contributed by atoms with Crippen LogP contribution in [0.15, 0.2) is 27.4 Å². The molecule has 1 aliphatic rings. The maximum Gasteiger partial charge on any atom is 0.346 e. The van der Waals surface area contributed by atoms with Crippen LogP contribution in [0.1, 0.15) is 95.8 Å². The van der Waals surface area contributed by atoms with E-state index in [0.29, 0.717) is 35.5 Å². The lowest BCUT2D eigenvalue weighted by Crippen LogP contribution is -2.16. The Morgan fingerprint density at radius 1 is 0.938 bits per heavy atom. The SMILES string of the molecule is CCCCCOCCCC1CCC(CCc2ccc3cc(CCC)oc(=O)c3c2F)CC1. The van der Waals surface area contributed by atoms with Crippen molar-refractivity contribution >= 4 is 10.8 Å². The molecule has 2 aromatic rings. The molecule has 1 aromatic carbocycles. The average molecular weight is 445 g/mol. The van der Waals surface area contributed by atoms with Crippen LogP contribution >= 0.6 is 0 Å². The molecule has 32 heavy (non-hydrogen) atoms. The maximum atomic E-state index is 15.1. The van der Waals surface area contributed by atoms with E-state index in [0.717, 1.165) is 32.0 Å². The van der Waals surface area contributed by atoms with Crippen LogP contribution in [0.4, 0.5) is 4.39 Å². The van der Waals surface area contributed by atoms with E-state index in [4.69, 9.17) is 9.15 Å². The number of ether oxygens (including phenoxy) is 1. The molecule has 0 unspecified atom stereocenters. The summed E-state index contributed by atoms with van der Waals surface area (Å²) in [6, 6.07) is 5.55. The number of rotatable bonds is 13. The number of halogens is 1. The fourth-order valence-electron chi connectivity index (χ4n) is 5.10. The molecule has 0 N–H and O–H groups in total. The minimum atomic E-state index is -0.542. The van der Waals surface area contributed by atoms with Gasteiger partial charge in [-0.2, -0.15) is 0 Å². The Hall–Kier alpha value is -1.68. The van der Waals surface area contributed by atoms with E-state index in [-0.39, 0.29) is 11.2 Å². The number of aryl methyl sites for hydroxylation is 2. The molecule has 1 aromatic heterocycles. The molecule has 0 amide bonds. The maximum absolute atomic E-state index is 15.1. The minimum Gasteiger partial charge on any atom is -0.427 e. The Bertz CT molecular complexity index is 880. The highest BCUT2D eigenvalue weighted by Crippen LogP contribution is 2.34. The third-order valence-corrected chi connectivity index (χ3v) is 7.08. The number of hydrogen-bond donors (Lipinski definition) is 0. The smallest absolute Gasteiger partial charge is 0.346 e. The Balaban J connectivity index is 1.43. The van der Waals surface area contributed by atoms with Crippen molar-refractivity contribution in [2.75, 3.05) is 13.2 Å². The quantitative estimate of drug-likeness (QED) is 0.298. The summed E-state index contributed by atoms with van der Waals surface area (Å²) in [6.45, 7) is 6.06. The Morgan fingerprint density at radius 3 is 2.38 bits per heavy atom. The molecule has 178 valence electrons. The molecule has 1 heterocycles. The van der Waals surface area contributed by atoms with Crippen molar-refractivity contribution in [3.63, 3.8) is 0 Å². The van der Waals surface area contributed by atoms with Gasteiger partial charge in [0, 0.05) is 19.6 Å². The van der Waals surface area contributed by atoms with Crippen LogP contribution in [0.3, 0.4) is 0 Å². The monoisotopic (exact) mass is 444 g/mol. The van der Waals surface area contributed by atoms with E-state index in [9.17, 15) is 4.79 Å². The van der Waals surface area contributed by atoms with Crippen LogP contribution in [-0.4, -0.2) is 13.2 Å². The summed E-state index contributed by atoms with van der Waals surface area (Å²) in [5, 5.41) is 0.767. The van der Waals surface area contributed by atoms with Gasteiger partial charge in [-0.15, -0.1) is 0 Å². The highest BCUT2D eigenvalue weighted by Gasteiger charge is 2.22. The van der Waals surface area contributed by atoms with Crippen LogP contribution in [0.5, 0.6) is 0 Å². The second-order valence-corrected chi connectivity index (χ2v) is 9.64. The predicted molar refractivity (Wildman–Crippen MR) is 130 cm³/mol. The van der Waals surface area contributed by atoms with Gasteiger partial charge in [0.05, 0.1) is 0 Å². The standard InChI is InChI=1S/C28H41FO3/c1-3-5-6-18-31-19-7-9-21-10-12-22(13-11-21)14-15-23-16-17-24-20-25(8-4-2)32-28(30)26(24)27(23)29/h16-17,20-22H,3-15,18-19H2,1-2H3. The van der Waals surface area contributed by atoms with Crippen LogP contribution in [-0.2, 0) is 17.6 Å². The Kier molecular flexibility index (Phi) is 10.2. The van der Waals surface area contributed by atoms with Crippen molar-refractivity contribution in [1.82, 2.24) is 0 Å². The molecule has 3 nitrogen and oxygen atoms in total. The molecule has 0 atom stereocenters. The molecule has 1 saturated carbocycles. The molecule has 3 rings (SSSR count). The minimum absolute atomic E-state index is 0.114. The summed E-state index contributed by atoms with van der Waals surface area (Å²) in [4.78, 5) is 12.3. The Morgan fingerprint density at radius 2 is 1.66 bits per heavy atom. The van der Waals surface area contributed by atoms with E-state index in [1.54, 1.807) is 0 Å². The molecular formula is C28H41FO3. The first-order valence-electron chi connectivity index (χ1n) is 12.9. The van der Waals surface area contributed by atoms with Crippen molar-refractivity contribution in [3.8, 4) is 0 Å². The molecule has 0 aliphatic heterocycles. The molecule has 4 heteroatoms. The van der Waals surface area contributed by atoms with Crippen molar-refractivity contribution in [2.24, 2.45) is 11.8 Å². The third kappa shape index (κ3) is 7.16. The zero-order valence-electron chi connectivity index (χ0n) is 20.1. The molecule has 1 fully saturated rings. The largest absolute Gasteiger partial charge is 0.427 e. The lowest BCUT2D eigenvalue weighted by atomic mass is 9.78. The van der Waals surface area contributed by atoms with Crippen LogP contribution in [0.2, 0.25) is 0 Å². The normalized spacial score (nSPS) is 19.0. The summed E-state index contributed by atoms with van der Waals surface area (Å²) in [5.41, 5.74) is 0.107. The highest BCUT2D eigenvalue weighted by molar-refractivity contribution is 5.82. The van der Waals surface area contributed by atoms with Crippen molar-refractivity contribution in [2.45, 2.75) is 97.3 Å². The van der Waals surface area contributed by atoms with Gasteiger partial charge in [0.1, 0.15) is 17.0 Å². The van der Waals surface area contributed by atoms with Gasteiger partial charge in [-0.3, -0.25) is 0 Å². The average Bonchev–Trinajstić information content (AvgIpc) is 2.79. The van der Waals surface area contributed by atoms with E-state index in [1.165, 1.54) is 57.8 Å². The topological polar surface area (TPSA) is 39.4 Å². The second-order valence-electron chi connectivity index (χ2n) is 9.64. The zero-order chi connectivity index (χ0) is 22.8. The van der Waals surface area contributed by atoms with Gasteiger partial charge >= 0.3 is 5.63 Å². The molecule has 0 radical (unpaired) electrons. The third-order valence-electron chi connectivity index (χ3n) is 7.08. The lowest BCUT2D eigenvalue weighted by Gasteiger charge is -2.28. The van der Waals surface area contributed by atoms with Gasteiger partial charge < -0.3 is 9.15 Å². The van der Waals surface area contributed by atoms with Crippen LogP contribution < -0.4 is 5.63 Å². The van der Waals surface area contributed by atoms with Crippen molar-refractivity contribution < 1.29 is 13.5 Å². The van der Waals surface area contributed by atoms with Gasteiger partial charge in [-0.05, 0) is 67.4 Å². The summed E-state index contributed by atoms with van der Waals surface area (Å²) in [6.07, 6.45) is 14.5. The number of unbranched alkanes of at least 4 members (excludes halogenated alkanes) is 2. The lowest BCUT2D eigenvalue weighted by molar-refractivity contribution is 0.119. The van der Waals surface area contributed by atoms with Crippen LogP contribution in [0.25, 0.3) is 10.8 Å². The zero-order valence-corrected chi connectivity index (χ0v) is 20.1. The van der Waals surface area contributed by atoms with Gasteiger partial charge in [-0.25, -0.2) is 9.18 Å². The first-order valence-corrected chi connectivity index (χ1v) is 12.9. The first kappa shape index (κ1) is 25.0. The molecule has 0 bridgehead atoms. The first-order chi connectivity index (χ1) is 15.6. The highest BCUT2D eigenvalue weighted by atomic mass is 19.1. The van der Waals surface area contributed by atoms with Gasteiger partial charge in [0.15, 0.2) is 0 Å². The number of fused-ring (bicyclic) bond motifs is 1. The predicted octanol–water partition coefficient (Wildman–Crippen LogP) is 7.61. The fraction of sp³-hybridized carbons (Fsp3) is 0.679. The summed E-state index contributed by atoms with van der Waals surface area (Å²) >= 11 is 0. The molecule has 0 saturated heterocycles. The van der Waals surface area contributed by atoms with Crippen molar-refractivity contribution in [1.29, 1.82) is 0 Å². The molecular weight excluding hydrogens is 403 g/mol. The van der Waals surface area contributed by atoms with Gasteiger partial charge in [-0.1, -0.05) is 64.5 Å². The second kappa shape index (κ2) is 13.1. The summed E-state index contributed by atoms with van der Waals surface area (Å²) < 4.78 is 26.1. The van der Waals surface area contributed by atoms with E-state index in [1.807, 2.05) is 25.1 Å². The van der Waals surface area contributed by atoms with E-state index in [2.05, 4.69) is 6.92 Å². The van der Waals surface area contributed by atoms with Gasteiger partial charge in [0.2, 0.25) is 0 Å². The Labute approximate surface area is 192 Å². The summed E-state index contributed by atoms with van der Waals surface area (Å²) in [7, 11) is 0. The fourth-order valence-corrected chi connectivity index (χ4v) is 5.10. The molecule has 0 spiro atoms. The number of benzene rings is 1. The van der Waals surface area contributed by atoms with Crippen molar-refractivity contribution in [3.05, 3.63) is 45.8 Å². The van der Waals surface area contributed by atoms with E-state index < -0.39 is 5.63 Å². The number of hydrogen-bond acceptors (Lipinski definition) is 3. The summed E-state index contributed by atoms with van der Waals surface area (Å²) in [5.74, 6) is 1.74. The van der Waals surface area contributed by atoms with Crippen LogP contribution in [0, 0.1) is 17.7 Å². The van der Waals surface area contributed by atoms with Gasteiger partial charge in [0.25, 0.3) is 0 Å². The van der Waals surface area contributed by atoms with E-state index >= 15 is 4.39 Å².